The minimum Gasteiger partial charge on any atom is -0.508 e. The van der Waals surface area contributed by atoms with Crippen molar-refractivity contribution in [2.45, 2.75) is 24.2 Å². The number of nitrogens with zero attached hydrogens (tertiary/aromatic N) is 1. The van der Waals surface area contributed by atoms with E-state index in [0.29, 0.717) is 28.3 Å². The highest BCUT2D eigenvalue weighted by molar-refractivity contribution is 6.32. The van der Waals surface area contributed by atoms with E-state index in [9.17, 15) is 24.3 Å². The molecule has 0 aromatic heterocycles. The number of carbonyl (C=O) groups excluding carboxylic acids is 4. The van der Waals surface area contributed by atoms with Gasteiger partial charge in [0.2, 0.25) is 11.8 Å². The first-order valence-electron chi connectivity index (χ1n) is 15.8. The molecule has 7 heteroatoms. The Hall–Kier alpha value is -5.07. The molecule has 232 valence electrons. The number of anilines is 1. The normalized spacial score (nSPS) is 28.3. The molecule has 47 heavy (non-hydrogen) atoms. The van der Waals surface area contributed by atoms with E-state index >= 15 is 0 Å². The Labute approximate surface area is 277 Å². The SMILES string of the molecule is O=C1C(c2ccccc2)=CC(=O)[C@@]2(c3ccccc3)[C@@H](c3ccc(O)cc3)C3=CC[C@@H]4C(=O)N(c5ccc(Cl)cc5)C(=O)[C@@H]4[C@@H]3C[C@@H]12. The smallest absolute Gasteiger partial charge is 0.238 e. The number of Topliss-reactive ketones (excluding diaryl/α,β-unsaturated/α-hetero) is 1. The van der Waals surface area contributed by atoms with Crippen LogP contribution in [0.5, 0.6) is 5.75 Å². The second-order valence-corrected chi connectivity index (χ2v) is 13.3. The van der Waals surface area contributed by atoms with Gasteiger partial charge in [-0.1, -0.05) is 96.0 Å². The molecule has 0 spiro atoms. The zero-order chi connectivity index (χ0) is 32.4. The van der Waals surface area contributed by atoms with E-state index in [1.54, 1.807) is 48.5 Å². The van der Waals surface area contributed by atoms with Gasteiger partial charge in [-0.25, -0.2) is 0 Å². The van der Waals surface area contributed by atoms with Crippen molar-refractivity contribution in [3.8, 4) is 5.75 Å². The molecule has 4 aliphatic rings. The number of amides is 2. The van der Waals surface area contributed by atoms with Gasteiger partial charge in [-0.15, -0.1) is 0 Å². The summed E-state index contributed by atoms with van der Waals surface area (Å²) in [5.74, 6) is -4.00. The lowest BCUT2D eigenvalue weighted by Gasteiger charge is -2.55. The van der Waals surface area contributed by atoms with Crippen LogP contribution in [-0.4, -0.2) is 28.5 Å². The van der Waals surface area contributed by atoms with Crippen LogP contribution in [0, 0.1) is 23.7 Å². The largest absolute Gasteiger partial charge is 0.508 e. The van der Waals surface area contributed by atoms with Crippen molar-refractivity contribution in [1.29, 1.82) is 0 Å². The maximum absolute atomic E-state index is 15.0. The molecule has 4 aromatic carbocycles. The maximum atomic E-state index is 15.0. The number of rotatable bonds is 4. The molecule has 6 atom stereocenters. The van der Waals surface area contributed by atoms with Crippen LogP contribution in [0.4, 0.5) is 5.69 Å². The number of allylic oxidation sites excluding steroid dienone is 4. The molecule has 6 nitrogen and oxygen atoms in total. The molecule has 0 unspecified atom stereocenters. The van der Waals surface area contributed by atoms with Crippen LogP contribution in [0.25, 0.3) is 5.57 Å². The number of phenols is 1. The Kier molecular flexibility index (Phi) is 6.88. The third-order valence-electron chi connectivity index (χ3n) is 10.7. The number of fused-ring (bicyclic) bond motifs is 4. The number of phenolic OH excluding ortho intramolecular Hbond substituents is 1. The Morgan fingerprint density at radius 1 is 0.745 bits per heavy atom. The quantitative estimate of drug-likeness (QED) is 0.190. The molecule has 2 fully saturated rings. The Bertz CT molecular complexity index is 2000. The van der Waals surface area contributed by atoms with Crippen LogP contribution in [0.1, 0.15) is 35.4 Å². The predicted molar refractivity (Wildman–Crippen MR) is 179 cm³/mol. The summed E-state index contributed by atoms with van der Waals surface area (Å²) < 4.78 is 0. The van der Waals surface area contributed by atoms with Gasteiger partial charge in [-0.05, 0) is 77.9 Å². The summed E-state index contributed by atoms with van der Waals surface area (Å²) >= 11 is 6.12. The van der Waals surface area contributed by atoms with Crippen LogP contribution >= 0.6 is 11.6 Å². The molecule has 4 aromatic rings. The van der Waals surface area contributed by atoms with E-state index in [1.807, 2.05) is 66.7 Å². The zero-order valence-corrected chi connectivity index (χ0v) is 26.0. The van der Waals surface area contributed by atoms with Gasteiger partial charge in [-0.3, -0.25) is 24.1 Å². The lowest BCUT2D eigenvalue weighted by atomic mass is 9.44. The van der Waals surface area contributed by atoms with Crippen LogP contribution in [0.3, 0.4) is 0 Å². The summed E-state index contributed by atoms with van der Waals surface area (Å²) in [5, 5.41) is 10.8. The van der Waals surface area contributed by atoms with Gasteiger partial charge in [-0.2, -0.15) is 0 Å². The molecule has 3 aliphatic carbocycles. The van der Waals surface area contributed by atoms with Gasteiger partial charge in [0.15, 0.2) is 11.6 Å². The van der Waals surface area contributed by atoms with Crippen molar-refractivity contribution in [3.63, 3.8) is 0 Å². The summed E-state index contributed by atoms with van der Waals surface area (Å²) in [4.78, 5) is 59.4. The van der Waals surface area contributed by atoms with E-state index in [0.717, 1.165) is 16.7 Å². The molecule has 1 saturated heterocycles. The highest BCUT2D eigenvalue weighted by Crippen LogP contribution is 2.63. The number of hydrogen-bond acceptors (Lipinski definition) is 5. The first kappa shape index (κ1) is 29.3. The lowest BCUT2D eigenvalue weighted by molar-refractivity contribution is -0.135. The highest BCUT2D eigenvalue weighted by Gasteiger charge is 2.66. The van der Waals surface area contributed by atoms with E-state index in [2.05, 4.69) is 0 Å². The second-order valence-electron chi connectivity index (χ2n) is 12.9. The summed E-state index contributed by atoms with van der Waals surface area (Å²) in [5.41, 5.74) is 2.55. The molecular weight excluding hydrogens is 610 g/mol. The fourth-order valence-electron chi connectivity index (χ4n) is 8.76. The maximum Gasteiger partial charge on any atom is 0.238 e. The average molecular weight is 640 g/mol. The summed E-state index contributed by atoms with van der Waals surface area (Å²) in [6.45, 7) is 0. The van der Waals surface area contributed by atoms with Crippen LogP contribution in [-0.2, 0) is 24.6 Å². The number of benzene rings is 4. The molecule has 1 saturated carbocycles. The Balaban J connectivity index is 1.35. The minimum absolute atomic E-state index is 0.0802. The molecule has 1 N–H and O–H groups in total. The van der Waals surface area contributed by atoms with Gasteiger partial charge in [0, 0.05) is 22.4 Å². The molecular formula is C40H30ClNO5. The molecule has 0 radical (unpaired) electrons. The van der Waals surface area contributed by atoms with Gasteiger partial charge < -0.3 is 5.11 Å². The van der Waals surface area contributed by atoms with E-state index in [4.69, 9.17) is 11.6 Å². The standard InChI is InChI=1S/C40H30ClNO5/c41-26-13-15-27(16-14-26)42-38(46)30-20-19-29-32(35(30)39(42)47)21-33-37(45)31(23-7-3-1-4-8-23)22-34(44)40(33,25-9-5-2-6-10-25)36(29)24-11-17-28(43)18-12-24/h1-19,22,30,32-33,35-36,43H,20-21H2/t30-,32+,33-,35-,36-,40-/m0/s1. The number of hydrogen-bond donors (Lipinski definition) is 1. The monoisotopic (exact) mass is 639 g/mol. The summed E-state index contributed by atoms with van der Waals surface area (Å²) in [6.07, 6.45) is 4.11. The number of imide groups is 1. The van der Waals surface area contributed by atoms with Crippen LogP contribution in [0.15, 0.2) is 127 Å². The Morgan fingerprint density at radius 3 is 2.09 bits per heavy atom. The number of aromatic hydroxyl groups is 1. The lowest BCUT2D eigenvalue weighted by Crippen LogP contribution is -2.58. The van der Waals surface area contributed by atoms with Crippen molar-refractivity contribution in [2.75, 3.05) is 4.90 Å². The molecule has 1 heterocycles. The molecule has 1 aliphatic heterocycles. The van der Waals surface area contributed by atoms with Crippen molar-refractivity contribution >= 4 is 46.2 Å². The molecule has 8 rings (SSSR count). The average Bonchev–Trinajstić information content (AvgIpc) is 3.36. The second kappa shape index (κ2) is 11.0. The van der Waals surface area contributed by atoms with E-state index < -0.39 is 35.0 Å². The zero-order valence-electron chi connectivity index (χ0n) is 25.3. The highest BCUT2D eigenvalue weighted by atomic mass is 35.5. The first-order chi connectivity index (χ1) is 22.8. The topological polar surface area (TPSA) is 91.8 Å². The fourth-order valence-corrected chi connectivity index (χ4v) is 8.89. The number of ketones is 2. The first-order valence-corrected chi connectivity index (χ1v) is 16.2. The van der Waals surface area contributed by atoms with Crippen LogP contribution < -0.4 is 4.90 Å². The van der Waals surface area contributed by atoms with Gasteiger partial charge in [0.1, 0.15) is 5.75 Å². The summed E-state index contributed by atoms with van der Waals surface area (Å²) in [7, 11) is 0. The molecule has 0 bridgehead atoms. The summed E-state index contributed by atoms with van der Waals surface area (Å²) in [6, 6.07) is 32.1. The third-order valence-corrected chi connectivity index (χ3v) is 10.9. The number of halogens is 1. The molecule has 2 amide bonds. The van der Waals surface area contributed by atoms with Gasteiger partial charge >= 0.3 is 0 Å². The number of carbonyl (C=O) groups is 4. The third kappa shape index (κ3) is 4.31. The van der Waals surface area contributed by atoms with Crippen molar-refractivity contribution in [1.82, 2.24) is 0 Å². The van der Waals surface area contributed by atoms with E-state index in [1.165, 1.54) is 11.0 Å². The Morgan fingerprint density at radius 2 is 1.40 bits per heavy atom. The van der Waals surface area contributed by atoms with Gasteiger partial charge in [0.25, 0.3) is 0 Å². The fraction of sp³-hybridized carbons (Fsp3) is 0.200. The van der Waals surface area contributed by atoms with Crippen LogP contribution in [0.2, 0.25) is 5.02 Å². The minimum atomic E-state index is -1.30. The van der Waals surface area contributed by atoms with Gasteiger partial charge in [0.05, 0.1) is 22.9 Å². The van der Waals surface area contributed by atoms with Crippen molar-refractivity contribution < 1.29 is 24.3 Å². The predicted octanol–water partition coefficient (Wildman–Crippen LogP) is 7.07. The van der Waals surface area contributed by atoms with Crippen molar-refractivity contribution in [3.05, 3.63) is 149 Å². The van der Waals surface area contributed by atoms with Crippen molar-refractivity contribution in [2.24, 2.45) is 23.7 Å². The van der Waals surface area contributed by atoms with E-state index in [-0.39, 0.29) is 35.6 Å².